The lowest BCUT2D eigenvalue weighted by molar-refractivity contribution is -0.288. The topological polar surface area (TPSA) is 34.1 Å². The van der Waals surface area contributed by atoms with Crippen molar-refractivity contribution < 1.29 is 34.8 Å². The number of halogens is 6. The molecular weight excluding hydrogens is 1220 g/mol. The zero-order valence-corrected chi connectivity index (χ0v) is 60.0. The molecule has 0 N–H and O–H groups in total. The molecule has 2 nitrogen and oxygen atoms in total. The van der Waals surface area contributed by atoms with E-state index in [9.17, 15) is 34.8 Å². The monoisotopic (exact) mass is 1310 g/mol. The van der Waals surface area contributed by atoms with Crippen LogP contribution in [0.25, 0.3) is 11.1 Å². The summed E-state index contributed by atoms with van der Waals surface area (Å²) in [5.74, 6) is 0. The van der Waals surface area contributed by atoms with E-state index in [1.807, 2.05) is 13.8 Å². The Kier molecular flexibility index (Phi) is 24.8. The van der Waals surface area contributed by atoms with Crippen molar-refractivity contribution in [1.82, 2.24) is 0 Å². The third-order valence-electron chi connectivity index (χ3n) is 18.2. The van der Waals surface area contributed by atoms with E-state index in [2.05, 4.69) is 208 Å². The van der Waals surface area contributed by atoms with Gasteiger partial charge in [0.15, 0.2) is 0 Å². The average molecular weight is 1310 g/mol. The SMILES string of the molecule is Cc1cc(-c2cc(C)c(C)c(C)c2)cc(C)c1C.Cc1cc(C(C)(C)c2cc(C)c(C)c(C)c2)cc(C)c1C.Cc1ccc(C(c2ccc(C)cc2)(C(F)(F)F)C(F)(F)F)cc1.Cc1ccc(S(=O)(=O)c2ccc(C)cc2)cc1.Cc1ccc(Sc2ccc(C)cc2)cc1. The van der Waals surface area contributed by atoms with E-state index < -0.39 is 38.7 Å². The van der Waals surface area contributed by atoms with E-state index in [0.717, 1.165) is 35.4 Å². The smallest absolute Gasteiger partial charge is 0.219 e. The van der Waals surface area contributed by atoms with E-state index in [4.69, 9.17) is 0 Å². The Hall–Kier alpha value is -7.92. The van der Waals surface area contributed by atoms with Gasteiger partial charge < -0.3 is 0 Å². The molecule has 0 aliphatic heterocycles. The summed E-state index contributed by atoms with van der Waals surface area (Å²) in [6.45, 7) is 42.4. The molecule has 0 saturated carbocycles. The van der Waals surface area contributed by atoms with Crippen molar-refractivity contribution in [2.75, 3.05) is 0 Å². The van der Waals surface area contributed by atoms with Crippen LogP contribution in [0.5, 0.6) is 0 Å². The molecule has 0 saturated heterocycles. The molecule has 0 aliphatic rings. The van der Waals surface area contributed by atoms with Crippen molar-refractivity contribution in [2.45, 2.75) is 181 Å². The maximum Gasteiger partial charge on any atom is 0.411 e. The highest BCUT2D eigenvalue weighted by Gasteiger charge is 2.72. The van der Waals surface area contributed by atoms with Gasteiger partial charge in [-0.3, -0.25) is 0 Å². The van der Waals surface area contributed by atoms with E-state index >= 15 is 0 Å². The molecule has 0 heterocycles. The van der Waals surface area contributed by atoms with Crippen LogP contribution in [0.4, 0.5) is 26.3 Å². The fourth-order valence-corrected chi connectivity index (χ4v) is 13.0. The Morgan fingerprint density at radius 2 is 0.479 bits per heavy atom. The summed E-state index contributed by atoms with van der Waals surface area (Å²) in [5.41, 5.74) is 22.3. The maximum atomic E-state index is 13.7. The van der Waals surface area contributed by atoms with E-state index in [1.54, 1.807) is 74.1 Å². The molecule has 0 bridgehead atoms. The van der Waals surface area contributed by atoms with Crippen LogP contribution < -0.4 is 0 Å². The summed E-state index contributed by atoms with van der Waals surface area (Å²) in [6, 6.07) is 58.2. The second kappa shape index (κ2) is 31.1. The number of sulfone groups is 1. The van der Waals surface area contributed by atoms with Gasteiger partial charge in [0.1, 0.15) is 0 Å². The second-order valence-electron chi connectivity index (χ2n) is 25.9. The molecule has 0 fully saturated rings. The van der Waals surface area contributed by atoms with Crippen LogP contribution in [0.15, 0.2) is 214 Å². The molecule has 10 aromatic carbocycles. The summed E-state index contributed by atoms with van der Waals surface area (Å²) in [4.78, 5) is 3.27. The minimum atomic E-state index is -5.53. The van der Waals surface area contributed by atoms with Crippen molar-refractivity contribution in [3.63, 3.8) is 0 Å². The molecular formula is C84H92F6O2S2. The van der Waals surface area contributed by atoms with Crippen LogP contribution in [0.1, 0.15) is 136 Å². The molecule has 0 atom stereocenters. The molecule has 0 amide bonds. The van der Waals surface area contributed by atoms with Gasteiger partial charge in [-0.15, -0.1) is 0 Å². The van der Waals surface area contributed by atoms with E-state index in [-0.39, 0.29) is 5.41 Å². The van der Waals surface area contributed by atoms with Gasteiger partial charge in [-0.25, -0.2) is 8.42 Å². The number of rotatable bonds is 9. The number of hydrogen-bond acceptors (Lipinski definition) is 3. The lowest BCUT2D eigenvalue weighted by Gasteiger charge is -2.38. The Morgan fingerprint density at radius 1 is 0.277 bits per heavy atom. The van der Waals surface area contributed by atoms with Crippen LogP contribution >= 0.6 is 11.8 Å². The lowest BCUT2D eigenvalue weighted by Crippen LogP contribution is -2.54. The summed E-state index contributed by atoms with van der Waals surface area (Å²) >= 11 is 1.80. The van der Waals surface area contributed by atoms with E-state index in [0.29, 0.717) is 20.9 Å². The van der Waals surface area contributed by atoms with Crippen molar-refractivity contribution in [2.24, 2.45) is 0 Å². The molecule has 10 heteroatoms. The number of hydrogen-bond donors (Lipinski definition) is 0. The molecule has 94 heavy (non-hydrogen) atoms. The summed E-state index contributed by atoms with van der Waals surface area (Å²) in [7, 11) is -3.37. The largest absolute Gasteiger partial charge is 0.411 e. The van der Waals surface area contributed by atoms with Crippen LogP contribution in [0.2, 0.25) is 0 Å². The van der Waals surface area contributed by atoms with Crippen LogP contribution in [0, 0.1) is 125 Å². The Bertz CT molecular complexity index is 3950. The molecule has 0 aromatic heterocycles. The number of aryl methyl sites for hydroxylation is 14. The fraction of sp³-hybridized carbons (Fsp3) is 0.286. The van der Waals surface area contributed by atoms with Gasteiger partial charge in [-0.2, -0.15) is 26.3 Å². The first-order valence-corrected chi connectivity index (χ1v) is 33.9. The third kappa shape index (κ3) is 18.3. The minimum Gasteiger partial charge on any atom is -0.219 e. The zero-order chi connectivity index (χ0) is 70.0. The molecule has 0 aliphatic carbocycles. The molecule has 0 unspecified atom stereocenters. The van der Waals surface area contributed by atoms with Crippen LogP contribution in [0.3, 0.4) is 0 Å². The molecule has 10 rings (SSSR count). The summed E-state index contributed by atoms with van der Waals surface area (Å²) < 4.78 is 107. The van der Waals surface area contributed by atoms with Crippen molar-refractivity contribution in [3.05, 3.63) is 317 Å². The molecule has 0 radical (unpaired) electrons. The van der Waals surface area contributed by atoms with E-state index in [1.165, 1.54) is 134 Å². The molecule has 0 spiro atoms. The second-order valence-corrected chi connectivity index (χ2v) is 29.0. The molecule has 10 aromatic rings. The number of alkyl halides is 6. The highest BCUT2D eigenvalue weighted by Crippen LogP contribution is 2.56. The first kappa shape index (κ1) is 75.1. The van der Waals surface area contributed by atoms with Gasteiger partial charge in [0, 0.05) is 15.2 Å². The van der Waals surface area contributed by atoms with Gasteiger partial charge in [0.2, 0.25) is 15.3 Å². The normalized spacial score (nSPS) is 11.6. The zero-order valence-electron chi connectivity index (χ0n) is 58.4. The predicted octanol–water partition coefficient (Wildman–Crippen LogP) is 24.4. The number of benzene rings is 10. The highest BCUT2D eigenvalue weighted by molar-refractivity contribution is 7.99. The Morgan fingerprint density at radius 3 is 0.702 bits per heavy atom. The lowest BCUT2D eigenvalue weighted by atomic mass is 9.72. The first-order valence-electron chi connectivity index (χ1n) is 31.6. The van der Waals surface area contributed by atoms with Gasteiger partial charge in [-0.1, -0.05) is 205 Å². The summed E-state index contributed by atoms with van der Waals surface area (Å²) in [6.07, 6.45) is -11.1. The van der Waals surface area contributed by atoms with Crippen LogP contribution in [-0.4, -0.2) is 20.8 Å². The quantitative estimate of drug-likeness (QED) is 0.135. The van der Waals surface area contributed by atoms with Gasteiger partial charge in [0.25, 0.3) is 0 Å². The maximum absolute atomic E-state index is 13.7. The first-order chi connectivity index (χ1) is 43.8. The van der Waals surface area contributed by atoms with Gasteiger partial charge >= 0.3 is 12.4 Å². The Balaban J connectivity index is 0.000000187. The van der Waals surface area contributed by atoms with Crippen molar-refractivity contribution in [1.29, 1.82) is 0 Å². The van der Waals surface area contributed by atoms with Gasteiger partial charge in [0.05, 0.1) is 9.79 Å². The van der Waals surface area contributed by atoms with Crippen molar-refractivity contribution in [3.8, 4) is 11.1 Å². The van der Waals surface area contributed by atoms with Gasteiger partial charge in [-0.05, 0) is 273 Å². The third-order valence-corrected chi connectivity index (χ3v) is 21.0. The predicted molar refractivity (Wildman–Crippen MR) is 383 cm³/mol. The minimum absolute atomic E-state index is 0.0342. The van der Waals surface area contributed by atoms with Crippen molar-refractivity contribution >= 4 is 21.6 Å². The highest BCUT2D eigenvalue weighted by atomic mass is 32.2. The Labute approximate surface area is 561 Å². The summed E-state index contributed by atoms with van der Waals surface area (Å²) in [5, 5.41) is 0. The standard InChI is InChI=1S/C21H28.C18H22.C17H14F6.C14H14O2S.C14H14S/c1-13-9-19(10-14(2)17(13)5)21(7,8)20-11-15(3)18(6)16(4)12-20;1-11-7-17(8-12(2)15(11)5)18-9-13(3)16(6)14(4)10-18;1-11-3-7-13(8-4-11)15(16(18,19)20,17(21,22)23)14-9-5-12(2)6-10-14;1-11-3-7-13(8-4-11)17(15,16)14-9-5-12(2)6-10-14;1-11-3-7-13(8-4-11)15-14-9-5-12(2)6-10-14/h9-12H,1-8H3;7-10H,1-6H3;3-10H,1-2H3;3-10H,1-2H3;3-10H,1-2H3. The molecule has 494 valence electrons. The van der Waals surface area contributed by atoms with Crippen LogP contribution in [-0.2, 0) is 20.7 Å². The fourth-order valence-electron chi connectivity index (χ4n) is 10.9. The average Bonchev–Trinajstić information content (AvgIpc) is 0.720.